The molecule has 0 radical (unpaired) electrons. The first-order chi connectivity index (χ1) is 28.8. The normalized spacial score (nSPS) is 13.0. The lowest BCUT2D eigenvalue weighted by atomic mass is 9.99. The van der Waals surface area contributed by atoms with Gasteiger partial charge in [0.2, 0.25) is 0 Å². The molecule has 0 saturated carbocycles. The quantitative estimate of drug-likeness (QED) is 0.171. The fraction of sp³-hybridized carbons (Fsp3) is 0.0370. The second kappa shape index (κ2) is 12.0. The topological polar surface area (TPSA) is 19.7 Å². The molecule has 0 amide bonds. The Labute approximate surface area is 334 Å². The highest BCUT2D eigenvalue weighted by molar-refractivity contribution is 6.24. The van der Waals surface area contributed by atoms with Crippen LogP contribution in [0.2, 0.25) is 0 Å². The molecule has 4 aromatic heterocycles. The number of nitrogens with zero attached hydrogens (tertiary/aromatic N) is 4. The van der Waals surface area contributed by atoms with E-state index in [-0.39, 0.29) is 0 Å². The number of aromatic nitrogens is 4. The van der Waals surface area contributed by atoms with Crippen molar-refractivity contribution in [1.82, 2.24) is 18.3 Å². The van der Waals surface area contributed by atoms with E-state index in [1.165, 1.54) is 93.3 Å². The molecule has 1 aliphatic carbocycles. The summed E-state index contributed by atoms with van der Waals surface area (Å²) in [7, 11) is 0. The minimum atomic E-state index is 1.02. The molecule has 0 aliphatic heterocycles. The third-order valence-electron chi connectivity index (χ3n) is 12.6. The van der Waals surface area contributed by atoms with E-state index in [9.17, 15) is 0 Å². The Balaban J connectivity index is 1.09. The van der Waals surface area contributed by atoms with Gasteiger partial charge in [0.15, 0.2) is 0 Å². The van der Waals surface area contributed by atoms with Gasteiger partial charge in [0, 0.05) is 71.7 Å². The number of benzene rings is 8. The van der Waals surface area contributed by atoms with E-state index in [4.69, 9.17) is 0 Å². The van der Waals surface area contributed by atoms with Crippen molar-refractivity contribution in [3.63, 3.8) is 0 Å². The zero-order chi connectivity index (χ0) is 37.9. The van der Waals surface area contributed by atoms with E-state index in [2.05, 4.69) is 212 Å². The van der Waals surface area contributed by atoms with Crippen molar-refractivity contribution in [3.05, 3.63) is 199 Å². The molecule has 4 heterocycles. The Kier molecular flexibility index (Phi) is 6.53. The molecule has 4 nitrogen and oxygen atoms in total. The van der Waals surface area contributed by atoms with Crippen LogP contribution in [0.15, 0.2) is 188 Å². The van der Waals surface area contributed by atoms with Crippen molar-refractivity contribution in [2.75, 3.05) is 0 Å². The third kappa shape index (κ3) is 4.29. The summed E-state index contributed by atoms with van der Waals surface area (Å²) in [6.45, 7) is 0. The predicted molar refractivity (Wildman–Crippen MR) is 244 cm³/mol. The first-order valence-electron chi connectivity index (χ1n) is 20.3. The highest BCUT2D eigenvalue weighted by Gasteiger charge is 2.24. The molecule has 0 bridgehead atoms. The standard InChI is InChI=1S/C54H36N4/c1-3-16-35(17-4-1)55-47-28-13-9-24-41(47)53-49(55)30-31-50-54(53)42-25-10-14-29-48(42)57(50)37-20-15-21-38(32-37)58-46-27-12-8-23-40(46)44-33-43-39-22-7-11-26-45(39)56(51(43)34-52(44)58)36-18-5-2-6-19-36/h1-12,14-27,29-34H,13,28H2. The minimum absolute atomic E-state index is 1.02. The Hall–Kier alpha value is -7.56. The number of rotatable bonds is 4. The number of allylic oxidation sites excluding steroid dienone is 1. The summed E-state index contributed by atoms with van der Waals surface area (Å²) in [6.07, 6.45) is 6.78. The largest absolute Gasteiger partial charge is 0.313 e. The van der Waals surface area contributed by atoms with Gasteiger partial charge in [-0.05, 0) is 97.8 Å². The maximum absolute atomic E-state index is 2.50. The van der Waals surface area contributed by atoms with Crippen molar-refractivity contribution in [2.45, 2.75) is 12.8 Å². The van der Waals surface area contributed by atoms with E-state index in [1.54, 1.807) is 0 Å². The van der Waals surface area contributed by atoms with Gasteiger partial charge in [-0.3, -0.25) is 0 Å². The molecule has 0 fully saturated rings. The molecule has 0 N–H and O–H groups in total. The molecule has 0 saturated heterocycles. The number of hydrogen-bond donors (Lipinski definition) is 0. The number of hydrogen-bond acceptors (Lipinski definition) is 0. The molecule has 12 aromatic rings. The lowest BCUT2D eigenvalue weighted by Crippen LogP contribution is -2.02. The SMILES string of the molecule is C1=Cc2c(n(-c3ccccc3)c3ccc4c(c5ccccc5n4-c4cccc(-n5c6ccccc6c6cc7c8ccccc8n(-c8ccccc8)c7cc65)c4)c23)CC1. The van der Waals surface area contributed by atoms with Crippen LogP contribution >= 0.6 is 0 Å². The fourth-order valence-corrected chi connectivity index (χ4v) is 10.3. The van der Waals surface area contributed by atoms with Crippen LogP contribution in [0.5, 0.6) is 0 Å². The highest BCUT2D eigenvalue weighted by Crippen LogP contribution is 2.44. The second-order valence-electron chi connectivity index (χ2n) is 15.6. The van der Waals surface area contributed by atoms with Crippen LogP contribution in [0.4, 0.5) is 0 Å². The zero-order valence-corrected chi connectivity index (χ0v) is 31.7. The maximum atomic E-state index is 2.50. The molecular weight excluding hydrogens is 705 g/mol. The second-order valence-corrected chi connectivity index (χ2v) is 15.6. The average Bonchev–Trinajstić information content (AvgIpc) is 4.01. The molecule has 0 spiro atoms. The smallest absolute Gasteiger partial charge is 0.0562 e. The van der Waals surface area contributed by atoms with Gasteiger partial charge in [0.05, 0.1) is 38.6 Å². The van der Waals surface area contributed by atoms with Gasteiger partial charge >= 0.3 is 0 Å². The Morgan fingerprint density at radius 1 is 0.310 bits per heavy atom. The summed E-state index contributed by atoms with van der Waals surface area (Å²) in [5, 5.41) is 8.94. The lowest BCUT2D eigenvalue weighted by Gasteiger charge is -2.13. The molecule has 4 heteroatoms. The first kappa shape index (κ1) is 31.6. The maximum Gasteiger partial charge on any atom is 0.0562 e. The van der Waals surface area contributed by atoms with Crippen molar-refractivity contribution < 1.29 is 0 Å². The molecule has 58 heavy (non-hydrogen) atoms. The lowest BCUT2D eigenvalue weighted by molar-refractivity contribution is 0.888. The van der Waals surface area contributed by atoms with Crippen molar-refractivity contribution in [3.8, 4) is 22.7 Å². The summed E-state index contributed by atoms with van der Waals surface area (Å²) in [5.41, 5.74) is 15.9. The van der Waals surface area contributed by atoms with Gasteiger partial charge in [-0.1, -0.05) is 109 Å². The van der Waals surface area contributed by atoms with E-state index in [0.29, 0.717) is 0 Å². The Morgan fingerprint density at radius 3 is 1.43 bits per heavy atom. The predicted octanol–water partition coefficient (Wildman–Crippen LogP) is 13.9. The van der Waals surface area contributed by atoms with Gasteiger partial charge in [0.25, 0.3) is 0 Å². The summed E-state index contributed by atoms with van der Waals surface area (Å²) in [4.78, 5) is 0. The van der Waals surface area contributed by atoms with Crippen LogP contribution in [0.3, 0.4) is 0 Å². The van der Waals surface area contributed by atoms with E-state index >= 15 is 0 Å². The van der Waals surface area contributed by atoms with Gasteiger partial charge in [0.1, 0.15) is 0 Å². The van der Waals surface area contributed by atoms with Crippen molar-refractivity contribution in [2.24, 2.45) is 0 Å². The van der Waals surface area contributed by atoms with Crippen molar-refractivity contribution >= 4 is 82.4 Å². The van der Waals surface area contributed by atoms with Gasteiger partial charge in [-0.2, -0.15) is 0 Å². The average molecular weight is 741 g/mol. The van der Waals surface area contributed by atoms with Crippen LogP contribution in [0.1, 0.15) is 17.7 Å². The van der Waals surface area contributed by atoms with Gasteiger partial charge < -0.3 is 18.3 Å². The summed E-state index contributed by atoms with van der Waals surface area (Å²) in [5.74, 6) is 0. The zero-order valence-electron chi connectivity index (χ0n) is 31.7. The molecular formula is C54H36N4. The summed E-state index contributed by atoms with van der Waals surface area (Å²) < 4.78 is 9.86. The molecule has 0 unspecified atom stereocenters. The van der Waals surface area contributed by atoms with Gasteiger partial charge in [-0.15, -0.1) is 0 Å². The van der Waals surface area contributed by atoms with E-state index in [0.717, 1.165) is 29.9 Å². The minimum Gasteiger partial charge on any atom is -0.313 e. The molecule has 272 valence electrons. The monoisotopic (exact) mass is 740 g/mol. The first-order valence-corrected chi connectivity index (χ1v) is 20.3. The van der Waals surface area contributed by atoms with Gasteiger partial charge in [-0.25, -0.2) is 0 Å². The summed E-state index contributed by atoms with van der Waals surface area (Å²) >= 11 is 0. The Morgan fingerprint density at radius 2 is 0.793 bits per heavy atom. The summed E-state index contributed by atoms with van der Waals surface area (Å²) in [6, 6.07) is 66.9. The van der Waals surface area contributed by atoms with Crippen LogP contribution in [0.25, 0.3) is 105 Å². The van der Waals surface area contributed by atoms with Crippen LogP contribution < -0.4 is 0 Å². The molecule has 13 rings (SSSR count). The molecule has 0 atom stereocenters. The number of para-hydroxylation sites is 5. The fourth-order valence-electron chi connectivity index (χ4n) is 10.3. The van der Waals surface area contributed by atoms with E-state index in [1.807, 2.05) is 0 Å². The van der Waals surface area contributed by atoms with Crippen LogP contribution in [0, 0.1) is 0 Å². The van der Waals surface area contributed by atoms with Crippen LogP contribution in [-0.2, 0) is 6.42 Å². The number of fused-ring (bicyclic) bond motifs is 13. The van der Waals surface area contributed by atoms with Crippen molar-refractivity contribution in [1.29, 1.82) is 0 Å². The van der Waals surface area contributed by atoms with Crippen LogP contribution in [-0.4, -0.2) is 18.3 Å². The Bertz CT molecular complexity index is 3660. The molecule has 8 aromatic carbocycles. The molecule has 1 aliphatic rings. The van der Waals surface area contributed by atoms with E-state index < -0.39 is 0 Å². The third-order valence-corrected chi connectivity index (χ3v) is 12.6. The highest BCUT2D eigenvalue weighted by atomic mass is 15.0.